The van der Waals surface area contributed by atoms with Crippen molar-refractivity contribution in [3.05, 3.63) is 5.82 Å². The molecule has 0 aliphatic rings. The van der Waals surface area contributed by atoms with Crippen LogP contribution in [0.25, 0.3) is 0 Å². The molecule has 2 aromatic heterocycles. The number of hydrogen-bond donors (Lipinski definition) is 3. The van der Waals surface area contributed by atoms with Gasteiger partial charge >= 0.3 is 0 Å². The van der Waals surface area contributed by atoms with Crippen molar-refractivity contribution in [2.45, 2.75) is 10.9 Å². The summed E-state index contributed by atoms with van der Waals surface area (Å²) < 4.78 is 0. The first-order valence-electron chi connectivity index (χ1n) is 3.37. The minimum Gasteiger partial charge on any atom is -0.368 e. The van der Waals surface area contributed by atoms with Crippen molar-refractivity contribution in [2.24, 2.45) is 0 Å². The molecule has 0 saturated heterocycles. The molecule has 0 fully saturated rings. The third-order valence-electron chi connectivity index (χ3n) is 1.20. The molecule has 0 amide bonds. The molecule has 2 heterocycles. The minimum atomic E-state index is 0.301. The molecule has 2 aromatic rings. The Morgan fingerprint density at radius 2 is 2.31 bits per heavy atom. The van der Waals surface area contributed by atoms with E-state index in [0.717, 1.165) is 0 Å². The molecule has 8 nitrogen and oxygen atoms in total. The lowest BCUT2D eigenvalue weighted by molar-refractivity contribution is 0.881. The maximum atomic E-state index is 5.34. The predicted octanol–water partition coefficient (Wildman–Crippen LogP) is -0.808. The zero-order chi connectivity index (χ0) is 9.10. The summed E-state index contributed by atoms with van der Waals surface area (Å²) in [4.78, 5) is 3.90. The Morgan fingerprint density at radius 1 is 1.38 bits per heavy atom. The zero-order valence-electron chi connectivity index (χ0n) is 6.43. The van der Waals surface area contributed by atoms with Crippen LogP contribution in [-0.4, -0.2) is 35.8 Å². The highest BCUT2D eigenvalue weighted by atomic mass is 32.2. The second-order valence-electron chi connectivity index (χ2n) is 2.12. The normalized spacial score (nSPS) is 10.5. The van der Waals surface area contributed by atoms with E-state index >= 15 is 0 Å². The molecule has 0 aromatic carbocycles. The summed E-state index contributed by atoms with van der Waals surface area (Å²) in [6.45, 7) is 0. The first kappa shape index (κ1) is 7.98. The van der Waals surface area contributed by atoms with Crippen LogP contribution in [0.5, 0.6) is 0 Å². The van der Waals surface area contributed by atoms with Crippen LogP contribution in [0.3, 0.4) is 0 Å². The van der Waals surface area contributed by atoms with Crippen molar-refractivity contribution in [2.75, 3.05) is 5.73 Å². The smallest absolute Gasteiger partial charge is 0.216 e. The second-order valence-corrected chi connectivity index (χ2v) is 3.06. The molecule has 68 valence electrons. The predicted molar refractivity (Wildman–Crippen MR) is 44.5 cm³/mol. The number of nitrogens with one attached hydrogen (secondary N) is 2. The molecule has 0 bridgehead atoms. The number of hydrogen-bond acceptors (Lipinski definition) is 7. The molecule has 0 atom stereocenters. The van der Waals surface area contributed by atoms with Gasteiger partial charge in [-0.05, 0) is 0 Å². The van der Waals surface area contributed by atoms with Gasteiger partial charge in [0, 0.05) is 0 Å². The molecule has 2 rings (SSSR count). The molecule has 0 unspecified atom stereocenters. The fourth-order valence-electron chi connectivity index (χ4n) is 0.695. The molecule has 13 heavy (non-hydrogen) atoms. The zero-order valence-corrected chi connectivity index (χ0v) is 7.25. The van der Waals surface area contributed by atoms with Crippen molar-refractivity contribution < 1.29 is 0 Å². The van der Waals surface area contributed by atoms with Gasteiger partial charge in [0.1, 0.15) is 0 Å². The molecular formula is C4H6N8S. The molecule has 4 N–H and O–H groups in total. The average Bonchev–Trinajstić information content (AvgIpc) is 2.71. The minimum absolute atomic E-state index is 0.301. The Kier molecular flexibility index (Phi) is 2.08. The maximum absolute atomic E-state index is 5.34. The van der Waals surface area contributed by atoms with Gasteiger partial charge in [-0.1, -0.05) is 17.0 Å². The number of nitrogens with zero attached hydrogens (tertiary/aromatic N) is 5. The van der Waals surface area contributed by atoms with E-state index in [1.54, 1.807) is 0 Å². The number of H-pyrrole nitrogens is 2. The number of rotatable bonds is 3. The van der Waals surface area contributed by atoms with E-state index in [2.05, 4.69) is 35.8 Å². The molecule has 0 saturated carbocycles. The summed E-state index contributed by atoms with van der Waals surface area (Å²) in [5.41, 5.74) is 5.34. The van der Waals surface area contributed by atoms with Crippen molar-refractivity contribution in [1.29, 1.82) is 0 Å². The van der Waals surface area contributed by atoms with Gasteiger partial charge in [0.05, 0.1) is 5.75 Å². The molecular weight excluding hydrogens is 192 g/mol. The van der Waals surface area contributed by atoms with Gasteiger partial charge < -0.3 is 5.73 Å². The fourth-order valence-corrected chi connectivity index (χ4v) is 1.35. The van der Waals surface area contributed by atoms with Crippen LogP contribution in [0, 0.1) is 0 Å². The van der Waals surface area contributed by atoms with Gasteiger partial charge in [-0.25, -0.2) is 5.10 Å². The highest BCUT2D eigenvalue weighted by Crippen LogP contribution is 2.16. The highest BCUT2D eigenvalue weighted by molar-refractivity contribution is 7.98. The van der Waals surface area contributed by atoms with Crippen LogP contribution in [-0.2, 0) is 5.75 Å². The quantitative estimate of drug-likeness (QED) is 0.551. The Labute approximate surface area is 76.7 Å². The van der Waals surface area contributed by atoms with Crippen LogP contribution in [0.15, 0.2) is 5.16 Å². The summed E-state index contributed by atoms with van der Waals surface area (Å²) >= 11 is 1.38. The van der Waals surface area contributed by atoms with E-state index in [9.17, 15) is 0 Å². The van der Waals surface area contributed by atoms with Crippen LogP contribution < -0.4 is 5.73 Å². The van der Waals surface area contributed by atoms with E-state index in [1.807, 2.05) is 0 Å². The SMILES string of the molecule is Nc1nc(SCc2nn[nH]n2)n[nH]1. The lowest BCUT2D eigenvalue weighted by Crippen LogP contribution is -1.86. The van der Waals surface area contributed by atoms with Crippen molar-refractivity contribution in [3.63, 3.8) is 0 Å². The molecule has 0 radical (unpaired) electrons. The Hall–Kier alpha value is -1.64. The summed E-state index contributed by atoms with van der Waals surface area (Å²) in [5.74, 6) is 1.47. The number of nitrogens with two attached hydrogens (primary N) is 1. The van der Waals surface area contributed by atoms with Crippen LogP contribution >= 0.6 is 11.8 Å². The largest absolute Gasteiger partial charge is 0.368 e. The van der Waals surface area contributed by atoms with Crippen molar-refractivity contribution >= 4 is 17.7 Å². The van der Waals surface area contributed by atoms with Gasteiger partial charge in [0.15, 0.2) is 5.82 Å². The molecule has 0 aliphatic carbocycles. The summed E-state index contributed by atoms with van der Waals surface area (Å²) in [6, 6.07) is 0. The van der Waals surface area contributed by atoms with Crippen LogP contribution in [0.1, 0.15) is 5.82 Å². The first-order valence-corrected chi connectivity index (χ1v) is 4.36. The number of tetrazole rings is 1. The van der Waals surface area contributed by atoms with Crippen molar-refractivity contribution in [3.8, 4) is 0 Å². The highest BCUT2D eigenvalue weighted by Gasteiger charge is 2.03. The van der Waals surface area contributed by atoms with E-state index in [4.69, 9.17) is 5.73 Å². The first-order chi connectivity index (χ1) is 6.34. The number of thioether (sulfide) groups is 1. The number of aromatic amines is 2. The van der Waals surface area contributed by atoms with Gasteiger partial charge in [-0.3, -0.25) is 0 Å². The standard InChI is InChI=1S/C4H6N8S/c5-3-6-4(10-9-3)13-1-2-7-11-12-8-2/h1H2,(H3,5,6,9,10)(H,7,8,11,12). The van der Waals surface area contributed by atoms with Crippen LogP contribution in [0.2, 0.25) is 0 Å². The Balaban J connectivity index is 1.93. The Bertz CT molecular complexity index is 365. The topological polar surface area (TPSA) is 122 Å². The Morgan fingerprint density at radius 3 is 2.92 bits per heavy atom. The van der Waals surface area contributed by atoms with Gasteiger partial charge in [-0.15, -0.1) is 15.3 Å². The molecule has 0 spiro atoms. The van der Waals surface area contributed by atoms with Gasteiger partial charge in [0.2, 0.25) is 11.1 Å². The fraction of sp³-hybridized carbons (Fsp3) is 0.250. The average molecular weight is 198 g/mol. The summed E-state index contributed by atoms with van der Waals surface area (Å²) in [6.07, 6.45) is 0. The lowest BCUT2D eigenvalue weighted by atomic mass is 10.8. The third-order valence-corrected chi connectivity index (χ3v) is 2.05. The van der Waals surface area contributed by atoms with E-state index < -0.39 is 0 Å². The maximum Gasteiger partial charge on any atom is 0.216 e. The van der Waals surface area contributed by atoms with Crippen LogP contribution in [0.4, 0.5) is 5.95 Å². The lowest BCUT2D eigenvalue weighted by Gasteiger charge is -1.87. The van der Waals surface area contributed by atoms with E-state index in [1.165, 1.54) is 11.8 Å². The number of aromatic nitrogens is 7. The third kappa shape index (κ3) is 1.93. The van der Waals surface area contributed by atoms with E-state index in [0.29, 0.717) is 22.7 Å². The molecule has 0 aliphatic heterocycles. The number of anilines is 1. The number of nitrogen functional groups attached to an aromatic ring is 1. The second kappa shape index (κ2) is 3.39. The monoisotopic (exact) mass is 198 g/mol. The summed E-state index contributed by atoms with van der Waals surface area (Å²) in [7, 11) is 0. The van der Waals surface area contributed by atoms with Gasteiger partial charge in [-0.2, -0.15) is 10.2 Å². The van der Waals surface area contributed by atoms with E-state index in [-0.39, 0.29) is 0 Å². The molecule has 9 heteroatoms. The summed E-state index contributed by atoms with van der Waals surface area (Å²) in [5, 5.41) is 20.2. The van der Waals surface area contributed by atoms with Gasteiger partial charge in [0.25, 0.3) is 0 Å². The van der Waals surface area contributed by atoms with Crippen molar-refractivity contribution in [1.82, 2.24) is 35.8 Å².